The van der Waals surface area contributed by atoms with Crippen LogP contribution in [0.5, 0.6) is 11.5 Å². The Labute approximate surface area is 150 Å². The summed E-state index contributed by atoms with van der Waals surface area (Å²) in [5, 5.41) is 22.2. The van der Waals surface area contributed by atoms with Gasteiger partial charge in [-0.25, -0.2) is 9.97 Å². The Morgan fingerprint density at radius 2 is 1.48 bits per heavy atom. The van der Waals surface area contributed by atoms with Gasteiger partial charge in [0.1, 0.15) is 23.1 Å². The number of nitrogens with one attached hydrogen (secondary N) is 1. The highest BCUT2D eigenvalue weighted by atomic mass is 16.3. The molecule has 138 valence electrons. The van der Waals surface area contributed by atoms with Crippen molar-refractivity contribution in [3.05, 3.63) is 34.1 Å². The van der Waals surface area contributed by atoms with Crippen molar-refractivity contribution in [1.29, 1.82) is 0 Å². The molecule has 0 saturated heterocycles. The van der Waals surface area contributed by atoms with Crippen molar-refractivity contribution in [2.75, 3.05) is 30.9 Å². The lowest BCUT2D eigenvalue weighted by Gasteiger charge is -2.13. The first-order chi connectivity index (χ1) is 11.6. The summed E-state index contributed by atoms with van der Waals surface area (Å²) in [6.07, 6.45) is 0. The van der Waals surface area contributed by atoms with E-state index in [2.05, 4.69) is 15.3 Å². The molecule has 0 atom stereocenters. The number of nitrogens with zero attached hydrogens (tertiary/aromatic N) is 3. The second kappa shape index (κ2) is 8.55. The van der Waals surface area contributed by atoms with E-state index in [4.69, 9.17) is 0 Å². The Morgan fingerprint density at radius 3 is 1.96 bits per heavy atom. The number of aryl methyl sites for hydroxylation is 3. The van der Waals surface area contributed by atoms with Crippen molar-refractivity contribution < 1.29 is 10.2 Å². The first-order valence-corrected chi connectivity index (χ1v) is 8.35. The van der Waals surface area contributed by atoms with Crippen molar-refractivity contribution in [2.24, 2.45) is 0 Å². The van der Waals surface area contributed by atoms with Crippen LogP contribution in [-0.4, -0.2) is 40.8 Å². The molecule has 0 unspecified atom stereocenters. The van der Waals surface area contributed by atoms with Gasteiger partial charge in [0.05, 0.1) is 11.4 Å². The molecule has 0 aliphatic carbocycles. The van der Waals surface area contributed by atoms with Crippen molar-refractivity contribution in [3.63, 3.8) is 0 Å². The lowest BCUT2D eigenvalue weighted by molar-refractivity contribution is 0.462. The Morgan fingerprint density at radius 1 is 0.920 bits per heavy atom. The normalized spacial score (nSPS) is 10.1. The highest BCUT2D eigenvalue weighted by Gasteiger charge is 2.09. The Kier molecular flexibility index (Phi) is 7.03. The summed E-state index contributed by atoms with van der Waals surface area (Å²) in [6.45, 7) is 12.2. The van der Waals surface area contributed by atoms with E-state index in [1.54, 1.807) is 6.92 Å². The van der Waals surface area contributed by atoms with Crippen LogP contribution in [0.3, 0.4) is 0 Å². The second-order valence-electron chi connectivity index (χ2n) is 6.30. The van der Waals surface area contributed by atoms with Crippen molar-refractivity contribution in [2.45, 2.75) is 41.5 Å². The fourth-order valence-corrected chi connectivity index (χ4v) is 2.30. The second-order valence-corrected chi connectivity index (χ2v) is 6.30. The third-order valence-corrected chi connectivity index (χ3v) is 4.04. The summed E-state index contributed by atoms with van der Waals surface area (Å²) in [5.41, 5.74) is 4.15. The molecule has 25 heavy (non-hydrogen) atoms. The average molecular weight is 346 g/mol. The zero-order valence-electron chi connectivity index (χ0n) is 16.5. The quantitative estimate of drug-likeness (QED) is 0.787. The van der Waals surface area contributed by atoms with Crippen LogP contribution < -0.4 is 10.2 Å². The molecule has 2 aromatic heterocycles. The first kappa shape index (κ1) is 20.5. The number of anilines is 2. The molecule has 2 heterocycles. The largest absolute Gasteiger partial charge is 0.506 e. The van der Waals surface area contributed by atoms with Crippen LogP contribution in [0.1, 0.15) is 35.0 Å². The number of hydrogen-bond donors (Lipinski definition) is 3. The molecule has 0 aliphatic rings. The number of aromatic hydroxyl groups is 2. The van der Waals surface area contributed by atoms with E-state index in [0.717, 1.165) is 34.9 Å². The highest BCUT2D eigenvalue weighted by Crippen LogP contribution is 2.27. The van der Waals surface area contributed by atoms with Crippen molar-refractivity contribution >= 4 is 11.6 Å². The van der Waals surface area contributed by atoms with Gasteiger partial charge >= 0.3 is 0 Å². The lowest BCUT2D eigenvalue weighted by Crippen LogP contribution is -2.11. The number of rotatable bonds is 3. The highest BCUT2D eigenvalue weighted by molar-refractivity contribution is 5.54. The van der Waals surface area contributed by atoms with Crippen LogP contribution in [0.2, 0.25) is 0 Å². The van der Waals surface area contributed by atoms with Gasteiger partial charge < -0.3 is 20.4 Å². The lowest BCUT2D eigenvalue weighted by atomic mass is 10.1. The van der Waals surface area contributed by atoms with Crippen LogP contribution in [0.4, 0.5) is 11.6 Å². The van der Waals surface area contributed by atoms with Crippen molar-refractivity contribution in [3.8, 4) is 11.5 Å². The molecular formula is C19H30N4O2. The van der Waals surface area contributed by atoms with Crippen LogP contribution >= 0.6 is 0 Å². The monoisotopic (exact) mass is 346 g/mol. The van der Waals surface area contributed by atoms with Gasteiger partial charge in [0.2, 0.25) is 0 Å². The molecule has 0 amide bonds. The third-order valence-electron chi connectivity index (χ3n) is 4.04. The number of hydrogen-bond acceptors (Lipinski definition) is 6. The van der Waals surface area contributed by atoms with Gasteiger partial charge in [0, 0.05) is 20.6 Å². The zero-order valence-corrected chi connectivity index (χ0v) is 16.5. The van der Waals surface area contributed by atoms with E-state index in [0.29, 0.717) is 22.9 Å². The standard InChI is InChI=1S/C10H16N2O.C9H14N2O/c1-5-11-10-7(3)6(2)9(13)8(4)12-10;1-6-5-8(11(3)4)10-7(2)9(6)12/h13H,5H2,1-4H3,(H,11,12);5,12H,1-4H3. The molecular weight excluding hydrogens is 316 g/mol. The molecule has 0 spiro atoms. The smallest absolute Gasteiger partial charge is 0.140 e. The molecule has 2 rings (SSSR count). The Hall–Kier alpha value is -2.50. The Bertz CT molecular complexity index is 720. The SMILES string of the molecule is CCNc1nc(C)c(O)c(C)c1C.Cc1cc(N(C)C)nc(C)c1O. The van der Waals surface area contributed by atoms with Gasteiger partial charge in [-0.2, -0.15) is 0 Å². The van der Waals surface area contributed by atoms with Gasteiger partial charge in [-0.3, -0.25) is 0 Å². The molecule has 0 saturated carbocycles. The molecule has 6 heteroatoms. The molecule has 3 N–H and O–H groups in total. The maximum atomic E-state index is 9.59. The minimum atomic E-state index is 0.292. The van der Waals surface area contributed by atoms with E-state index in [9.17, 15) is 10.2 Å². The minimum absolute atomic E-state index is 0.292. The predicted molar refractivity (Wildman–Crippen MR) is 104 cm³/mol. The van der Waals surface area contributed by atoms with Crippen LogP contribution in [0.25, 0.3) is 0 Å². The summed E-state index contributed by atoms with van der Waals surface area (Å²) in [6, 6.07) is 1.86. The maximum Gasteiger partial charge on any atom is 0.140 e. The third kappa shape index (κ3) is 4.98. The van der Waals surface area contributed by atoms with E-state index in [1.165, 1.54) is 0 Å². The molecule has 2 aromatic rings. The average Bonchev–Trinajstić information content (AvgIpc) is 2.55. The molecule has 0 radical (unpaired) electrons. The molecule has 0 bridgehead atoms. The van der Waals surface area contributed by atoms with Crippen LogP contribution in [-0.2, 0) is 0 Å². The topological polar surface area (TPSA) is 81.5 Å². The summed E-state index contributed by atoms with van der Waals surface area (Å²) in [7, 11) is 3.86. The summed E-state index contributed by atoms with van der Waals surface area (Å²) >= 11 is 0. The fourth-order valence-electron chi connectivity index (χ4n) is 2.30. The first-order valence-electron chi connectivity index (χ1n) is 8.35. The molecule has 0 aromatic carbocycles. The van der Waals surface area contributed by atoms with Crippen LogP contribution in [0.15, 0.2) is 6.07 Å². The van der Waals surface area contributed by atoms with E-state index < -0.39 is 0 Å². The molecule has 0 aliphatic heterocycles. The fraction of sp³-hybridized carbons (Fsp3) is 0.474. The molecule has 0 fully saturated rings. The van der Waals surface area contributed by atoms with Gasteiger partial charge in [-0.15, -0.1) is 0 Å². The summed E-state index contributed by atoms with van der Waals surface area (Å²) in [4.78, 5) is 10.4. The predicted octanol–water partition coefficient (Wildman–Crippen LogP) is 3.61. The summed E-state index contributed by atoms with van der Waals surface area (Å²) in [5.74, 6) is 2.35. The van der Waals surface area contributed by atoms with Gasteiger partial charge in [-0.1, -0.05) is 0 Å². The summed E-state index contributed by atoms with van der Waals surface area (Å²) < 4.78 is 0. The van der Waals surface area contributed by atoms with E-state index in [1.807, 2.05) is 59.7 Å². The van der Waals surface area contributed by atoms with Gasteiger partial charge in [0.15, 0.2) is 0 Å². The number of aromatic nitrogens is 2. The van der Waals surface area contributed by atoms with Gasteiger partial charge in [-0.05, 0) is 64.3 Å². The zero-order chi connectivity index (χ0) is 19.3. The Balaban J connectivity index is 0.000000251. The van der Waals surface area contributed by atoms with E-state index in [-0.39, 0.29) is 0 Å². The van der Waals surface area contributed by atoms with Crippen LogP contribution in [0, 0.1) is 34.6 Å². The molecule has 6 nitrogen and oxygen atoms in total. The number of pyridine rings is 2. The minimum Gasteiger partial charge on any atom is -0.506 e. The van der Waals surface area contributed by atoms with Crippen molar-refractivity contribution in [1.82, 2.24) is 9.97 Å². The van der Waals surface area contributed by atoms with Gasteiger partial charge in [0.25, 0.3) is 0 Å². The maximum absolute atomic E-state index is 9.59. The van der Waals surface area contributed by atoms with E-state index >= 15 is 0 Å².